The molecule has 1 amide bonds. The molecule has 2 aromatic heterocycles. The molecule has 1 N–H and O–H groups in total. The van der Waals surface area contributed by atoms with Crippen molar-refractivity contribution in [3.63, 3.8) is 0 Å². The molecule has 2 aromatic rings. The fraction of sp³-hybridized carbons (Fsp3) is 0. The molecule has 0 bridgehead atoms. The summed E-state index contributed by atoms with van der Waals surface area (Å²) in [6, 6.07) is 3.49. The van der Waals surface area contributed by atoms with Crippen LogP contribution in [-0.4, -0.2) is 20.9 Å². The number of anilines is 1. The lowest BCUT2D eigenvalue weighted by atomic mass is 10.3. The monoisotopic (exact) mass is 308 g/mol. The average molecular weight is 310 g/mol. The molecule has 8 heteroatoms. The van der Waals surface area contributed by atoms with Crippen molar-refractivity contribution in [1.29, 1.82) is 0 Å². The predicted molar refractivity (Wildman–Crippen MR) is 76.0 cm³/mol. The van der Waals surface area contributed by atoms with Gasteiger partial charge in [-0.3, -0.25) is 14.8 Å². The van der Waals surface area contributed by atoms with Crippen molar-refractivity contribution in [3.05, 3.63) is 48.8 Å². The van der Waals surface area contributed by atoms with Gasteiger partial charge in [0.05, 0.1) is 18.1 Å². The quantitative estimate of drug-likeness (QED) is 0.925. The maximum atomic E-state index is 11.6. The number of hydrogen-bond acceptors (Lipinski definition) is 4. The standard InChI is InChI=1S/C10H8N4O.3ClH/c15-10(9-7-12-4-5-13-9)14-8-2-1-3-11-6-8;;;/h1-7H,(H,14,15);3*1H. The summed E-state index contributed by atoms with van der Waals surface area (Å²) < 4.78 is 0. The van der Waals surface area contributed by atoms with E-state index < -0.39 is 0 Å². The number of nitrogens with one attached hydrogen (secondary N) is 1. The topological polar surface area (TPSA) is 67.8 Å². The van der Waals surface area contributed by atoms with E-state index in [1.54, 1.807) is 24.5 Å². The molecule has 0 radical (unpaired) electrons. The van der Waals surface area contributed by atoms with E-state index in [9.17, 15) is 4.79 Å². The minimum Gasteiger partial charge on any atom is -0.319 e. The minimum absolute atomic E-state index is 0. The Morgan fingerprint density at radius 1 is 1.00 bits per heavy atom. The fourth-order valence-electron chi connectivity index (χ4n) is 1.05. The van der Waals surface area contributed by atoms with Gasteiger partial charge in [-0.2, -0.15) is 0 Å². The van der Waals surface area contributed by atoms with Crippen molar-refractivity contribution in [3.8, 4) is 0 Å². The average Bonchev–Trinajstić information content (AvgIpc) is 2.31. The first kappa shape index (κ1) is 18.9. The second-order valence-corrected chi connectivity index (χ2v) is 2.79. The molecule has 0 saturated heterocycles. The van der Waals surface area contributed by atoms with E-state index in [4.69, 9.17) is 0 Å². The van der Waals surface area contributed by atoms with E-state index >= 15 is 0 Å². The van der Waals surface area contributed by atoms with Crippen molar-refractivity contribution in [1.82, 2.24) is 15.0 Å². The summed E-state index contributed by atoms with van der Waals surface area (Å²) in [6.45, 7) is 0. The van der Waals surface area contributed by atoms with Crippen LogP contribution in [0.4, 0.5) is 5.69 Å². The van der Waals surface area contributed by atoms with Gasteiger partial charge in [0.1, 0.15) is 5.69 Å². The van der Waals surface area contributed by atoms with Crippen LogP contribution in [0.3, 0.4) is 0 Å². The van der Waals surface area contributed by atoms with Crippen LogP contribution in [0.15, 0.2) is 43.1 Å². The summed E-state index contributed by atoms with van der Waals surface area (Å²) in [5, 5.41) is 2.65. The lowest BCUT2D eigenvalue weighted by Crippen LogP contribution is -2.13. The van der Waals surface area contributed by atoms with Gasteiger partial charge in [0, 0.05) is 18.6 Å². The number of carbonyl (C=O) groups excluding carboxylic acids is 1. The van der Waals surface area contributed by atoms with Gasteiger partial charge in [0.15, 0.2) is 0 Å². The third-order valence-electron chi connectivity index (χ3n) is 1.72. The summed E-state index contributed by atoms with van der Waals surface area (Å²) in [4.78, 5) is 23.1. The van der Waals surface area contributed by atoms with Crippen LogP contribution in [0.25, 0.3) is 0 Å². The summed E-state index contributed by atoms with van der Waals surface area (Å²) in [5.74, 6) is -0.295. The predicted octanol–water partition coefficient (Wildman–Crippen LogP) is 2.39. The van der Waals surface area contributed by atoms with Crippen molar-refractivity contribution >= 4 is 48.8 Å². The van der Waals surface area contributed by atoms with Crippen LogP contribution in [-0.2, 0) is 0 Å². The smallest absolute Gasteiger partial charge is 0.275 e. The zero-order chi connectivity index (χ0) is 10.5. The lowest BCUT2D eigenvalue weighted by molar-refractivity contribution is 0.102. The van der Waals surface area contributed by atoms with Gasteiger partial charge < -0.3 is 5.32 Å². The second kappa shape index (κ2) is 9.58. The number of hydrogen-bond donors (Lipinski definition) is 1. The molecule has 0 atom stereocenters. The second-order valence-electron chi connectivity index (χ2n) is 2.79. The molecule has 98 valence electrons. The van der Waals surface area contributed by atoms with E-state index in [1.165, 1.54) is 18.6 Å². The van der Waals surface area contributed by atoms with Crippen LogP contribution >= 0.6 is 37.2 Å². The van der Waals surface area contributed by atoms with E-state index in [2.05, 4.69) is 20.3 Å². The Morgan fingerprint density at radius 2 is 1.72 bits per heavy atom. The summed E-state index contributed by atoms with van der Waals surface area (Å²) in [6.07, 6.45) is 7.59. The Bertz CT molecular complexity index is 455. The molecule has 2 rings (SSSR count). The van der Waals surface area contributed by atoms with Gasteiger partial charge in [-0.25, -0.2) is 4.98 Å². The SMILES string of the molecule is Cl.Cl.Cl.O=C(Nc1cccnc1)c1cnccn1. The van der Waals surface area contributed by atoms with Crippen LogP contribution in [0, 0.1) is 0 Å². The molecule has 0 aliphatic heterocycles. The maximum Gasteiger partial charge on any atom is 0.275 e. The van der Waals surface area contributed by atoms with Gasteiger partial charge in [0.25, 0.3) is 5.91 Å². The van der Waals surface area contributed by atoms with E-state index in [0.717, 1.165) is 0 Å². The molecule has 0 saturated carbocycles. The molecule has 0 fully saturated rings. The number of rotatable bonds is 2. The molecule has 0 aromatic carbocycles. The molecule has 18 heavy (non-hydrogen) atoms. The Labute approximate surface area is 123 Å². The Balaban J connectivity index is 0. The number of halogens is 3. The first-order valence-electron chi connectivity index (χ1n) is 4.33. The van der Waals surface area contributed by atoms with Crippen molar-refractivity contribution in [2.75, 3.05) is 5.32 Å². The fourth-order valence-corrected chi connectivity index (χ4v) is 1.05. The molecular weight excluding hydrogens is 298 g/mol. The molecule has 2 heterocycles. The highest BCUT2D eigenvalue weighted by molar-refractivity contribution is 6.02. The molecule has 5 nitrogen and oxygen atoms in total. The maximum absolute atomic E-state index is 11.6. The minimum atomic E-state index is -0.295. The zero-order valence-electron chi connectivity index (χ0n) is 9.02. The third kappa shape index (κ3) is 5.27. The van der Waals surface area contributed by atoms with Gasteiger partial charge >= 0.3 is 0 Å². The Hall–Kier alpha value is -1.43. The van der Waals surface area contributed by atoms with Crippen LogP contribution in [0.5, 0.6) is 0 Å². The first-order chi connectivity index (χ1) is 7.36. The zero-order valence-corrected chi connectivity index (χ0v) is 11.5. The van der Waals surface area contributed by atoms with E-state index in [-0.39, 0.29) is 48.8 Å². The molecule has 0 unspecified atom stereocenters. The normalized spacial score (nSPS) is 8.00. The Morgan fingerprint density at radius 3 is 2.28 bits per heavy atom. The largest absolute Gasteiger partial charge is 0.319 e. The van der Waals surface area contributed by atoms with Gasteiger partial charge in [0.2, 0.25) is 0 Å². The summed E-state index contributed by atoms with van der Waals surface area (Å²) >= 11 is 0. The number of pyridine rings is 1. The van der Waals surface area contributed by atoms with Gasteiger partial charge in [-0.1, -0.05) is 0 Å². The number of amides is 1. The first-order valence-corrected chi connectivity index (χ1v) is 4.33. The van der Waals surface area contributed by atoms with Gasteiger partial charge in [-0.05, 0) is 12.1 Å². The highest BCUT2D eigenvalue weighted by atomic mass is 35.5. The lowest BCUT2D eigenvalue weighted by Gasteiger charge is -2.02. The van der Waals surface area contributed by atoms with Crippen LogP contribution in [0.2, 0.25) is 0 Å². The molecule has 0 aliphatic carbocycles. The summed E-state index contributed by atoms with van der Waals surface area (Å²) in [7, 11) is 0. The third-order valence-corrected chi connectivity index (χ3v) is 1.72. The van der Waals surface area contributed by atoms with Crippen LogP contribution in [0.1, 0.15) is 10.5 Å². The van der Waals surface area contributed by atoms with E-state index in [1.807, 2.05) is 0 Å². The number of carbonyl (C=O) groups is 1. The number of aromatic nitrogens is 3. The highest BCUT2D eigenvalue weighted by Gasteiger charge is 2.06. The van der Waals surface area contributed by atoms with Crippen LogP contribution < -0.4 is 5.32 Å². The highest BCUT2D eigenvalue weighted by Crippen LogP contribution is 2.04. The van der Waals surface area contributed by atoms with Gasteiger partial charge in [-0.15, -0.1) is 37.2 Å². The molecular formula is C10H11Cl3N4O. The molecule has 0 aliphatic rings. The van der Waals surface area contributed by atoms with E-state index in [0.29, 0.717) is 5.69 Å². The number of nitrogens with zero attached hydrogens (tertiary/aromatic N) is 3. The summed E-state index contributed by atoms with van der Waals surface area (Å²) in [5.41, 5.74) is 0.912. The van der Waals surface area contributed by atoms with Crippen molar-refractivity contribution in [2.45, 2.75) is 0 Å². The van der Waals surface area contributed by atoms with Crippen molar-refractivity contribution < 1.29 is 4.79 Å². The molecule has 0 spiro atoms. The van der Waals surface area contributed by atoms with Crippen molar-refractivity contribution in [2.24, 2.45) is 0 Å². The Kier molecular flexibility index (Phi) is 10.1.